The van der Waals surface area contributed by atoms with Crippen LogP contribution in [0.25, 0.3) is 0 Å². The van der Waals surface area contributed by atoms with Gasteiger partial charge in [-0.2, -0.15) is 5.10 Å². The van der Waals surface area contributed by atoms with Crippen molar-refractivity contribution in [3.8, 4) is 0 Å². The molecule has 21 heavy (non-hydrogen) atoms. The third-order valence-electron chi connectivity index (χ3n) is 3.61. The second-order valence-corrected chi connectivity index (χ2v) is 6.42. The molecule has 0 unspecified atom stereocenters. The van der Waals surface area contributed by atoms with E-state index in [2.05, 4.69) is 20.5 Å². The van der Waals surface area contributed by atoms with Gasteiger partial charge in [0.15, 0.2) is 5.16 Å². The van der Waals surface area contributed by atoms with Crippen LogP contribution in [0, 0.1) is 0 Å². The summed E-state index contributed by atoms with van der Waals surface area (Å²) < 4.78 is 0. The minimum atomic E-state index is -0.286. The van der Waals surface area contributed by atoms with Crippen molar-refractivity contribution in [2.24, 2.45) is 5.73 Å². The minimum Gasteiger partial charge on any atom is -0.326 e. The molecule has 2 aromatic rings. The summed E-state index contributed by atoms with van der Waals surface area (Å²) in [7, 11) is 0. The van der Waals surface area contributed by atoms with Crippen LogP contribution in [0.4, 0.5) is 5.69 Å². The van der Waals surface area contributed by atoms with Crippen molar-refractivity contribution in [1.29, 1.82) is 0 Å². The maximum absolute atomic E-state index is 11.9. The summed E-state index contributed by atoms with van der Waals surface area (Å²) in [6.07, 6.45) is 4.86. The fourth-order valence-electron chi connectivity index (χ4n) is 2.29. The molecule has 110 valence electrons. The molecular formula is C14H17N5OS. The molecule has 0 spiro atoms. The number of anilines is 1. The van der Waals surface area contributed by atoms with Gasteiger partial charge in [0.05, 0.1) is 0 Å². The molecule has 7 heteroatoms. The summed E-state index contributed by atoms with van der Waals surface area (Å²) in [5.74, 6) is -0.0205. The van der Waals surface area contributed by atoms with E-state index in [1.54, 1.807) is 0 Å². The van der Waals surface area contributed by atoms with Crippen LogP contribution in [0.3, 0.4) is 0 Å². The van der Waals surface area contributed by atoms with Crippen LogP contribution in [0.1, 0.15) is 25.7 Å². The Hall–Kier alpha value is -1.86. The first-order valence-electron chi connectivity index (χ1n) is 6.85. The Morgan fingerprint density at radius 2 is 2.14 bits per heavy atom. The van der Waals surface area contributed by atoms with E-state index in [1.807, 2.05) is 24.3 Å². The molecule has 3 rings (SSSR count). The lowest BCUT2D eigenvalue weighted by molar-refractivity contribution is -0.118. The first-order chi connectivity index (χ1) is 10.1. The number of H-pyrrole nitrogens is 1. The number of benzene rings is 1. The number of amides is 1. The molecule has 0 bridgehead atoms. The second-order valence-electron chi connectivity index (χ2n) is 5.36. The molecule has 1 saturated carbocycles. The van der Waals surface area contributed by atoms with Crippen molar-refractivity contribution >= 4 is 23.4 Å². The topological polar surface area (TPSA) is 96.7 Å². The highest BCUT2D eigenvalue weighted by molar-refractivity contribution is 7.99. The van der Waals surface area contributed by atoms with Gasteiger partial charge in [-0.05, 0) is 43.5 Å². The van der Waals surface area contributed by atoms with Crippen molar-refractivity contribution in [2.75, 3.05) is 5.32 Å². The first kappa shape index (κ1) is 14.1. The Kier molecular flexibility index (Phi) is 3.94. The van der Waals surface area contributed by atoms with E-state index in [-0.39, 0.29) is 11.4 Å². The van der Waals surface area contributed by atoms with Gasteiger partial charge >= 0.3 is 0 Å². The monoisotopic (exact) mass is 303 g/mol. The summed E-state index contributed by atoms with van der Waals surface area (Å²) in [5.41, 5.74) is 6.57. The smallest absolute Gasteiger partial charge is 0.226 e. The average molecular weight is 303 g/mol. The van der Waals surface area contributed by atoms with Gasteiger partial charge in [-0.25, -0.2) is 4.98 Å². The number of nitrogens with two attached hydrogens (primary N) is 1. The maximum Gasteiger partial charge on any atom is 0.226 e. The van der Waals surface area contributed by atoms with Crippen molar-refractivity contribution in [2.45, 2.75) is 41.3 Å². The summed E-state index contributed by atoms with van der Waals surface area (Å²) in [5, 5.41) is 10.2. The Balaban J connectivity index is 1.55. The number of carbonyl (C=O) groups is 1. The third kappa shape index (κ3) is 3.62. The molecule has 0 saturated heterocycles. The van der Waals surface area contributed by atoms with Crippen LogP contribution in [0.5, 0.6) is 0 Å². The van der Waals surface area contributed by atoms with Crippen LogP contribution >= 0.6 is 11.8 Å². The van der Waals surface area contributed by atoms with Crippen LogP contribution in [0.15, 0.2) is 40.6 Å². The Bertz CT molecular complexity index is 607. The highest BCUT2D eigenvalue weighted by Gasteiger charge is 2.34. The lowest BCUT2D eigenvalue weighted by atomic mass is 9.75. The van der Waals surface area contributed by atoms with Gasteiger partial charge in [-0.1, -0.05) is 11.8 Å². The number of aromatic amines is 1. The standard InChI is InChI=1S/C14H17N5OS/c15-14(6-1-7-14)8-12(20)18-10-2-4-11(5-3-10)21-13-16-9-17-19-13/h2-5,9H,1,6-8,15H2,(H,18,20)(H,16,17,19). The van der Waals surface area contributed by atoms with E-state index in [1.165, 1.54) is 18.1 Å². The predicted molar refractivity (Wildman–Crippen MR) is 81.0 cm³/mol. The average Bonchev–Trinajstić information content (AvgIpc) is 2.92. The van der Waals surface area contributed by atoms with E-state index >= 15 is 0 Å². The summed E-state index contributed by atoms with van der Waals surface area (Å²) in [6.45, 7) is 0. The van der Waals surface area contributed by atoms with Gasteiger partial charge in [0.2, 0.25) is 5.91 Å². The number of nitrogens with zero attached hydrogens (tertiary/aromatic N) is 2. The fourth-order valence-corrected chi connectivity index (χ4v) is 2.99. The number of nitrogens with one attached hydrogen (secondary N) is 2. The molecule has 4 N–H and O–H groups in total. The van der Waals surface area contributed by atoms with Gasteiger partial charge in [-0.15, -0.1) is 0 Å². The number of hydrogen-bond donors (Lipinski definition) is 3. The number of aromatic nitrogens is 3. The van der Waals surface area contributed by atoms with E-state index in [0.29, 0.717) is 6.42 Å². The van der Waals surface area contributed by atoms with E-state index in [4.69, 9.17) is 5.73 Å². The quantitative estimate of drug-likeness (QED) is 0.786. The van der Waals surface area contributed by atoms with Gasteiger partial charge in [-0.3, -0.25) is 9.89 Å². The number of hydrogen-bond acceptors (Lipinski definition) is 5. The molecule has 1 aromatic heterocycles. The van der Waals surface area contributed by atoms with Gasteiger partial charge in [0.25, 0.3) is 0 Å². The molecule has 1 aliphatic rings. The summed E-state index contributed by atoms with van der Waals surface area (Å²) in [4.78, 5) is 17.0. The molecular weight excluding hydrogens is 286 g/mol. The molecule has 1 amide bonds. The minimum absolute atomic E-state index is 0.0205. The highest BCUT2D eigenvalue weighted by Crippen LogP contribution is 2.32. The maximum atomic E-state index is 11.9. The number of carbonyl (C=O) groups excluding carboxylic acids is 1. The molecule has 1 aromatic carbocycles. The van der Waals surface area contributed by atoms with Crippen molar-refractivity contribution in [1.82, 2.24) is 15.2 Å². The second kappa shape index (κ2) is 5.87. The fraction of sp³-hybridized carbons (Fsp3) is 0.357. The molecule has 1 fully saturated rings. The van der Waals surface area contributed by atoms with Crippen molar-refractivity contribution < 1.29 is 4.79 Å². The Morgan fingerprint density at radius 3 is 2.71 bits per heavy atom. The molecule has 0 radical (unpaired) electrons. The predicted octanol–water partition coefficient (Wildman–Crippen LogP) is 2.17. The Labute approximate surface area is 126 Å². The van der Waals surface area contributed by atoms with E-state index < -0.39 is 0 Å². The summed E-state index contributed by atoms with van der Waals surface area (Å²) in [6, 6.07) is 7.62. The Morgan fingerprint density at radius 1 is 1.38 bits per heavy atom. The zero-order chi connectivity index (χ0) is 14.7. The molecule has 6 nitrogen and oxygen atoms in total. The van der Waals surface area contributed by atoms with Gasteiger partial charge in [0, 0.05) is 22.5 Å². The lowest BCUT2D eigenvalue weighted by Crippen LogP contribution is -2.48. The number of rotatable bonds is 5. The molecule has 0 atom stereocenters. The molecule has 1 aliphatic carbocycles. The normalized spacial score (nSPS) is 16.2. The SMILES string of the molecule is NC1(CC(=O)Nc2ccc(Sc3ncn[nH]3)cc2)CCC1. The molecule has 1 heterocycles. The zero-order valence-electron chi connectivity index (χ0n) is 11.5. The molecule has 0 aliphatic heterocycles. The summed E-state index contributed by atoms with van der Waals surface area (Å²) >= 11 is 1.48. The van der Waals surface area contributed by atoms with Gasteiger partial charge in [0.1, 0.15) is 6.33 Å². The van der Waals surface area contributed by atoms with Gasteiger partial charge < -0.3 is 11.1 Å². The third-order valence-corrected chi connectivity index (χ3v) is 4.51. The highest BCUT2D eigenvalue weighted by atomic mass is 32.2. The van der Waals surface area contributed by atoms with Crippen molar-refractivity contribution in [3.63, 3.8) is 0 Å². The van der Waals surface area contributed by atoms with Crippen LogP contribution in [-0.4, -0.2) is 26.6 Å². The van der Waals surface area contributed by atoms with E-state index in [0.717, 1.165) is 35.0 Å². The first-order valence-corrected chi connectivity index (χ1v) is 7.67. The van der Waals surface area contributed by atoms with Crippen LogP contribution < -0.4 is 11.1 Å². The van der Waals surface area contributed by atoms with Crippen molar-refractivity contribution in [3.05, 3.63) is 30.6 Å². The largest absolute Gasteiger partial charge is 0.326 e. The van der Waals surface area contributed by atoms with Crippen LogP contribution in [-0.2, 0) is 4.79 Å². The van der Waals surface area contributed by atoms with Crippen LogP contribution in [0.2, 0.25) is 0 Å². The zero-order valence-corrected chi connectivity index (χ0v) is 12.3. The lowest BCUT2D eigenvalue weighted by Gasteiger charge is -2.37. The van der Waals surface area contributed by atoms with E-state index in [9.17, 15) is 4.79 Å².